The van der Waals surface area contributed by atoms with Crippen LogP contribution in [0.25, 0.3) is 0 Å². The first-order chi connectivity index (χ1) is 5.95. The Kier molecular flexibility index (Phi) is 2.50. The van der Waals surface area contributed by atoms with Crippen LogP contribution in [-0.4, -0.2) is 0 Å². The standard InChI is InChI=1S/C9H9F3O/c1-3-6(2)7-4-5-8(13-7)9(10,11)12/h3-6H,1H2,2H3/t6-/m0/s1. The molecule has 0 unspecified atom stereocenters. The van der Waals surface area contributed by atoms with Gasteiger partial charge in [0.25, 0.3) is 0 Å². The van der Waals surface area contributed by atoms with E-state index in [2.05, 4.69) is 11.0 Å². The van der Waals surface area contributed by atoms with Crippen molar-refractivity contribution in [3.8, 4) is 0 Å². The molecule has 1 aromatic heterocycles. The van der Waals surface area contributed by atoms with Gasteiger partial charge in [0.15, 0.2) is 0 Å². The van der Waals surface area contributed by atoms with Crippen LogP contribution in [0.3, 0.4) is 0 Å². The van der Waals surface area contributed by atoms with E-state index in [0.717, 1.165) is 6.07 Å². The van der Waals surface area contributed by atoms with Crippen molar-refractivity contribution in [1.82, 2.24) is 0 Å². The minimum Gasteiger partial charge on any atom is -0.456 e. The maximum atomic E-state index is 12.0. The Morgan fingerprint density at radius 3 is 2.46 bits per heavy atom. The van der Waals surface area contributed by atoms with Gasteiger partial charge in [-0.2, -0.15) is 13.2 Å². The van der Waals surface area contributed by atoms with Gasteiger partial charge in [-0.3, -0.25) is 0 Å². The minimum atomic E-state index is -4.40. The second-order valence-corrected chi connectivity index (χ2v) is 2.72. The Labute approximate surface area is 73.9 Å². The summed E-state index contributed by atoms with van der Waals surface area (Å²) in [4.78, 5) is 0. The van der Waals surface area contributed by atoms with Crippen LogP contribution in [0.1, 0.15) is 24.4 Å². The van der Waals surface area contributed by atoms with Crippen molar-refractivity contribution >= 4 is 0 Å². The normalized spacial score (nSPS) is 14.2. The lowest BCUT2D eigenvalue weighted by molar-refractivity contribution is -0.153. The smallest absolute Gasteiger partial charge is 0.449 e. The number of furan rings is 1. The molecule has 1 atom stereocenters. The molecule has 1 rings (SSSR count). The first-order valence-corrected chi connectivity index (χ1v) is 3.74. The van der Waals surface area contributed by atoms with Crippen LogP contribution in [0.15, 0.2) is 29.2 Å². The van der Waals surface area contributed by atoms with Crippen molar-refractivity contribution in [2.24, 2.45) is 0 Å². The molecular weight excluding hydrogens is 181 g/mol. The van der Waals surface area contributed by atoms with Crippen molar-refractivity contribution in [3.05, 3.63) is 36.3 Å². The lowest BCUT2D eigenvalue weighted by atomic mass is 10.1. The summed E-state index contributed by atoms with van der Waals surface area (Å²) in [7, 11) is 0. The lowest BCUT2D eigenvalue weighted by Crippen LogP contribution is -2.02. The zero-order valence-corrected chi connectivity index (χ0v) is 7.06. The van der Waals surface area contributed by atoms with Gasteiger partial charge >= 0.3 is 6.18 Å². The predicted octanol–water partition coefficient (Wildman–Crippen LogP) is 3.59. The summed E-state index contributed by atoms with van der Waals surface area (Å²) in [6, 6.07) is 2.24. The quantitative estimate of drug-likeness (QED) is 0.649. The highest BCUT2D eigenvalue weighted by Gasteiger charge is 2.34. The summed E-state index contributed by atoms with van der Waals surface area (Å²) >= 11 is 0. The molecule has 13 heavy (non-hydrogen) atoms. The predicted molar refractivity (Wildman–Crippen MR) is 42.3 cm³/mol. The number of hydrogen-bond acceptors (Lipinski definition) is 1. The topological polar surface area (TPSA) is 13.1 Å². The number of hydrogen-bond donors (Lipinski definition) is 0. The summed E-state index contributed by atoms with van der Waals surface area (Å²) < 4.78 is 40.8. The molecule has 0 fully saturated rings. The van der Waals surface area contributed by atoms with E-state index in [1.807, 2.05) is 0 Å². The summed E-state index contributed by atoms with van der Waals surface area (Å²) in [5.74, 6) is -0.880. The molecule has 0 aliphatic rings. The van der Waals surface area contributed by atoms with Crippen molar-refractivity contribution in [3.63, 3.8) is 0 Å². The van der Waals surface area contributed by atoms with Gasteiger partial charge in [-0.1, -0.05) is 13.0 Å². The molecular formula is C9H9F3O. The lowest BCUT2D eigenvalue weighted by Gasteiger charge is -2.02. The summed E-state index contributed by atoms with van der Waals surface area (Å²) in [6.45, 7) is 5.18. The van der Waals surface area contributed by atoms with Crippen LogP contribution in [0.2, 0.25) is 0 Å². The second-order valence-electron chi connectivity index (χ2n) is 2.72. The van der Waals surface area contributed by atoms with Gasteiger partial charge in [-0.05, 0) is 12.1 Å². The van der Waals surface area contributed by atoms with E-state index in [0.29, 0.717) is 0 Å². The number of rotatable bonds is 2. The van der Waals surface area contributed by atoms with Gasteiger partial charge in [0.05, 0.1) is 0 Å². The van der Waals surface area contributed by atoms with Gasteiger partial charge in [0.1, 0.15) is 5.76 Å². The van der Waals surface area contributed by atoms with Gasteiger partial charge in [0.2, 0.25) is 5.76 Å². The highest BCUT2D eigenvalue weighted by molar-refractivity contribution is 5.15. The molecule has 1 nitrogen and oxygen atoms in total. The molecule has 0 aliphatic carbocycles. The van der Waals surface area contributed by atoms with Crippen LogP contribution < -0.4 is 0 Å². The third kappa shape index (κ3) is 2.14. The fourth-order valence-electron chi connectivity index (χ4n) is 0.866. The van der Waals surface area contributed by atoms with E-state index < -0.39 is 11.9 Å². The molecule has 0 radical (unpaired) electrons. The van der Waals surface area contributed by atoms with Crippen LogP contribution in [0, 0.1) is 0 Å². The fraction of sp³-hybridized carbons (Fsp3) is 0.333. The summed E-state index contributed by atoms with van der Waals surface area (Å²) in [5, 5.41) is 0. The van der Waals surface area contributed by atoms with E-state index in [1.165, 1.54) is 12.1 Å². The summed E-state index contributed by atoms with van der Waals surface area (Å²) in [5.41, 5.74) is 0. The Balaban J connectivity index is 2.93. The molecule has 0 saturated carbocycles. The molecule has 0 spiro atoms. The molecule has 1 heterocycles. The van der Waals surface area contributed by atoms with Crippen LogP contribution >= 0.6 is 0 Å². The van der Waals surface area contributed by atoms with E-state index in [9.17, 15) is 13.2 Å². The van der Waals surface area contributed by atoms with Crippen molar-refractivity contribution < 1.29 is 17.6 Å². The first kappa shape index (κ1) is 9.89. The number of allylic oxidation sites excluding steroid dienone is 1. The molecule has 0 N–H and O–H groups in total. The van der Waals surface area contributed by atoms with Crippen molar-refractivity contribution in [2.45, 2.75) is 19.0 Å². The Morgan fingerprint density at radius 2 is 2.08 bits per heavy atom. The number of alkyl halides is 3. The average Bonchev–Trinajstić information content (AvgIpc) is 2.50. The Hall–Kier alpha value is -1.19. The van der Waals surface area contributed by atoms with Crippen molar-refractivity contribution in [1.29, 1.82) is 0 Å². The molecule has 0 aromatic carbocycles. The van der Waals surface area contributed by atoms with Gasteiger partial charge in [-0.25, -0.2) is 0 Å². The maximum Gasteiger partial charge on any atom is 0.449 e. The first-order valence-electron chi connectivity index (χ1n) is 3.74. The Bertz CT molecular complexity index is 298. The van der Waals surface area contributed by atoms with E-state index in [4.69, 9.17) is 0 Å². The third-order valence-corrected chi connectivity index (χ3v) is 1.71. The highest BCUT2D eigenvalue weighted by Crippen LogP contribution is 2.32. The van der Waals surface area contributed by atoms with Crippen LogP contribution in [0.5, 0.6) is 0 Å². The minimum absolute atomic E-state index is 0.198. The molecule has 72 valence electrons. The molecule has 0 amide bonds. The van der Waals surface area contributed by atoms with Crippen LogP contribution in [0.4, 0.5) is 13.2 Å². The van der Waals surface area contributed by atoms with Gasteiger partial charge < -0.3 is 4.42 Å². The zero-order chi connectivity index (χ0) is 10.1. The highest BCUT2D eigenvalue weighted by atomic mass is 19.4. The van der Waals surface area contributed by atoms with Gasteiger partial charge in [0, 0.05) is 5.92 Å². The zero-order valence-electron chi connectivity index (χ0n) is 7.06. The van der Waals surface area contributed by atoms with E-state index >= 15 is 0 Å². The maximum absolute atomic E-state index is 12.0. The molecule has 4 heteroatoms. The van der Waals surface area contributed by atoms with Crippen LogP contribution in [-0.2, 0) is 6.18 Å². The fourth-order valence-corrected chi connectivity index (χ4v) is 0.866. The third-order valence-electron chi connectivity index (χ3n) is 1.71. The van der Waals surface area contributed by atoms with Gasteiger partial charge in [-0.15, -0.1) is 6.58 Å². The van der Waals surface area contributed by atoms with E-state index in [1.54, 1.807) is 6.92 Å². The average molecular weight is 190 g/mol. The Morgan fingerprint density at radius 1 is 1.46 bits per heavy atom. The second kappa shape index (κ2) is 3.28. The SMILES string of the molecule is C=C[C@H](C)c1ccc(C(F)(F)F)o1. The molecule has 1 aromatic rings. The summed E-state index contributed by atoms with van der Waals surface area (Å²) in [6.07, 6.45) is -2.88. The molecule has 0 aliphatic heterocycles. The molecule has 0 saturated heterocycles. The van der Waals surface area contributed by atoms with Crippen molar-refractivity contribution in [2.75, 3.05) is 0 Å². The monoisotopic (exact) mass is 190 g/mol. The largest absolute Gasteiger partial charge is 0.456 e. The molecule has 0 bridgehead atoms. The van der Waals surface area contributed by atoms with E-state index in [-0.39, 0.29) is 11.7 Å². The number of halogens is 3.